The number of rotatable bonds is 6. The van der Waals surface area contributed by atoms with Crippen molar-refractivity contribution in [2.75, 3.05) is 11.9 Å². The highest BCUT2D eigenvalue weighted by molar-refractivity contribution is 7.99. The quantitative estimate of drug-likeness (QED) is 0.565. The van der Waals surface area contributed by atoms with Crippen LogP contribution in [0, 0.1) is 5.92 Å². The summed E-state index contributed by atoms with van der Waals surface area (Å²) in [5.74, 6) is 0.107. The number of hydrogen-bond acceptors (Lipinski definition) is 3. The zero-order valence-corrected chi connectivity index (χ0v) is 17.7. The molecule has 5 heteroatoms. The minimum Gasteiger partial charge on any atom is -0.352 e. The molecule has 3 aromatic rings. The van der Waals surface area contributed by atoms with Crippen LogP contribution >= 0.6 is 11.8 Å². The molecule has 0 spiro atoms. The van der Waals surface area contributed by atoms with Gasteiger partial charge in [-0.1, -0.05) is 67.6 Å². The number of fused-ring (bicyclic) bond motifs is 2. The molecular formula is C25H24N2O2S. The average Bonchev–Trinajstić information content (AvgIpc) is 2.92. The van der Waals surface area contributed by atoms with Gasteiger partial charge in [-0.15, -0.1) is 0 Å². The molecule has 0 radical (unpaired) electrons. The number of hydrogen-bond donors (Lipinski definition) is 2. The fourth-order valence-electron chi connectivity index (χ4n) is 3.56. The standard InChI is InChI=1S/C25H24N2O2S/c1-2-17(14-18-8-4-3-5-9-18)16-26-24(28)19-12-13-23-21(15-19)27-25(29)20-10-6-7-11-22(20)30-23/h3-13,15,17H,2,14,16H2,1H3,(H,26,28)(H,27,29). The van der Waals surface area contributed by atoms with Crippen molar-refractivity contribution in [1.29, 1.82) is 0 Å². The molecule has 4 rings (SSSR count). The zero-order valence-electron chi connectivity index (χ0n) is 16.9. The Morgan fingerprint density at radius 2 is 1.77 bits per heavy atom. The van der Waals surface area contributed by atoms with Gasteiger partial charge in [0, 0.05) is 21.9 Å². The monoisotopic (exact) mass is 416 g/mol. The van der Waals surface area contributed by atoms with E-state index in [0.29, 0.717) is 29.3 Å². The van der Waals surface area contributed by atoms with E-state index in [4.69, 9.17) is 0 Å². The Hall–Kier alpha value is -3.05. The second-order valence-electron chi connectivity index (χ2n) is 7.44. The summed E-state index contributed by atoms with van der Waals surface area (Å²) in [7, 11) is 0. The summed E-state index contributed by atoms with van der Waals surface area (Å²) in [5, 5.41) is 6.01. The van der Waals surface area contributed by atoms with E-state index < -0.39 is 0 Å². The number of anilines is 1. The van der Waals surface area contributed by atoms with Crippen molar-refractivity contribution in [3.8, 4) is 0 Å². The summed E-state index contributed by atoms with van der Waals surface area (Å²) in [5.41, 5.74) is 3.15. The lowest BCUT2D eigenvalue weighted by molar-refractivity contribution is 0.0945. The molecule has 1 aliphatic heterocycles. The van der Waals surface area contributed by atoms with Gasteiger partial charge >= 0.3 is 0 Å². The summed E-state index contributed by atoms with van der Waals surface area (Å²) >= 11 is 1.54. The molecule has 1 atom stereocenters. The van der Waals surface area contributed by atoms with Crippen molar-refractivity contribution in [2.24, 2.45) is 5.92 Å². The van der Waals surface area contributed by atoms with E-state index in [2.05, 4.69) is 29.7 Å². The van der Waals surface area contributed by atoms with Crippen molar-refractivity contribution in [3.63, 3.8) is 0 Å². The van der Waals surface area contributed by atoms with Crippen LogP contribution in [0.1, 0.15) is 39.6 Å². The molecule has 0 bridgehead atoms. The zero-order chi connectivity index (χ0) is 20.9. The molecule has 4 nitrogen and oxygen atoms in total. The minimum atomic E-state index is -0.150. The Bertz CT molecular complexity index is 1070. The Morgan fingerprint density at radius 1 is 1.00 bits per heavy atom. The number of nitrogens with one attached hydrogen (secondary N) is 2. The predicted molar refractivity (Wildman–Crippen MR) is 121 cm³/mol. The van der Waals surface area contributed by atoms with Gasteiger partial charge < -0.3 is 10.6 Å². The lowest BCUT2D eigenvalue weighted by Crippen LogP contribution is -2.30. The van der Waals surface area contributed by atoms with Crippen molar-refractivity contribution < 1.29 is 9.59 Å². The molecule has 1 heterocycles. The van der Waals surface area contributed by atoms with E-state index in [1.807, 2.05) is 54.6 Å². The van der Waals surface area contributed by atoms with Gasteiger partial charge in [0.2, 0.25) is 0 Å². The molecule has 3 aromatic carbocycles. The highest BCUT2D eigenvalue weighted by atomic mass is 32.2. The van der Waals surface area contributed by atoms with E-state index in [9.17, 15) is 9.59 Å². The fourth-order valence-corrected chi connectivity index (χ4v) is 4.57. The van der Waals surface area contributed by atoms with Crippen LogP contribution in [0.5, 0.6) is 0 Å². The second kappa shape index (κ2) is 9.18. The molecule has 1 aliphatic rings. The lowest BCUT2D eigenvalue weighted by Gasteiger charge is -2.16. The maximum atomic E-state index is 12.8. The SMILES string of the molecule is CCC(CNC(=O)c1ccc2c(c1)NC(=O)c1ccccc1S2)Cc1ccccc1. The van der Waals surface area contributed by atoms with Crippen LogP contribution in [0.4, 0.5) is 5.69 Å². The third-order valence-electron chi connectivity index (χ3n) is 5.34. The van der Waals surface area contributed by atoms with Crippen molar-refractivity contribution >= 4 is 29.3 Å². The first kappa shape index (κ1) is 20.2. The van der Waals surface area contributed by atoms with Crippen molar-refractivity contribution in [3.05, 3.63) is 89.5 Å². The maximum absolute atomic E-state index is 12.8. The van der Waals surface area contributed by atoms with Gasteiger partial charge in [0.05, 0.1) is 11.3 Å². The van der Waals surface area contributed by atoms with E-state index in [1.165, 1.54) is 17.3 Å². The molecule has 2 N–H and O–H groups in total. The number of carbonyl (C=O) groups is 2. The smallest absolute Gasteiger partial charge is 0.256 e. The number of benzene rings is 3. The van der Waals surface area contributed by atoms with E-state index >= 15 is 0 Å². The van der Waals surface area contributed by atoms with E-state index in [1.54, 1.807) is 6.07 Å². The molecular weight excluding hydrogens is 392 g/mol. The summed E-state index contributed by atoms with van der Waals surface area (Å²) in [6, 6.07) is 23.4. The Balaban J connectivity index is 1.44. The van der Waals surface area contributed by atoms with Crippen LogP contribution in [0.25, 0.3) is 0 Å². The van der Waals surface area contributed by atoms with Gasteiger partial charge in [0.15, 0.2) is 0 Å². The Morgan fingerprint density at radius 3 is 2.57 bits per heavy atom. The predicted octanol–water partition coefficient (Wildman–Crippen LogP) is 5.40. The second-order valence-corrected chi connectivity index (χ2v) is 8.52. The molecule has 0 aromatic heterocycles. The van der Waals surface area contributed by atoms with Gasteiger partial charge in [-0.3, -0.25) is 9.59 Å². The minimum absolute atomic E-state index is 0.120. The third kappa shape index (κ3) is 4.57. The Kier molecular flexibility index (Phi) is 6.19. The van der Waals surface area contributed by atoms with Gasteiger partial charge in [-0.2, -0.15) is 0 Å². The van der Waals surface area contributed by atoms with Gasteiger partial charge in [0.1, 0.15) is 0 Å². The molecule has 0 saturated heterocycles. The molecule has 0 fully saturated rings. The van der Waals surface area contributed by atoms with Crippen LogP contribution in [-0.4, -0.2) is 18.4 Å². The number of amides is 2. The molecule has 0 aliphatic carbocycles. The van der Waals surface area contributed by atoms with Gasteiger partial charge in [-0.25, -0.2) is 0 Å². The van der Waals surface area contributed by atoms with E-state index in [0.717, 1.165) is 22.6 Å². The first-order chi connectivity index (χ1) is 14.6. The average molecular weight is 417 g/mol. The van der Waals surface area contributed by atoms with Crippen LogP contribution < -0.4 is 10.6 Å². The summed E-state index contributed by atoms with van der Waals surface area (Å²) in [6.07, 6.45) is 1.93. The largest absolute Gasteiger partial charge is 0.352 e. The van der Waals surface area contributed by atoms with Crippen molar-refractivity contribution in [1.82, 2.24) is 5.32 Å². The summed E-state index contributed by atoms with van der Waals surface area (Å²) in [6.45, 7) is 2.76. The Labute approximate surface area is 181 Å². The molecule has 2 amide bonds. The maximum Gasteiger partial charge on any atom is 0.256 e. The molecule has 152 valence electrons. The first-order valence-corrected chi connectivity index (χ1v) is 11.0. The topological polar surface area (TPSA) is 58.2 Å². The summed E-state index contributed by atoms with van der Waals surface area (Å²) < 4.78 is 0. The molecule has 1 unspecified atom stereocenters. The van der Waals surface area contributed by atoms with Crippen molar-refractivity contribution in [2.45, 2.75) is 29.6 Å². The third-order valence-corrected chi connectivity index (χ3v) is 6.49. The van der Waals surface area contributed by atoms with Gasteiger partial charge in [-0.05, 0) is 48.2 Å². The van der Waals surface area contributed by atoms with Crippen LogP contribution in [-0.2, 0) is 6.42 Å². The fraction of sp³-hybridized carbons (Fsp3) is 0.200. The van der Waals surface area contributed by atoms with Crippen LogP contribution in [0.3, 0.4) is 0 Å². The first-order valence-electron chi connectivity index (χ1n) is 10.2. The highest BCUT2D eigenvalue weighted by Gasteiger charge is 2.21. The number of carbonyl (C=O) groups excluding carboxylic acids is 2. The summed E-state index contributed by atoms with van der Waals surface area (Å²) in [4.78, 5) is 27.2. The normalized spacial score (nSPS) is 13.4. The molecule has 0 saturated carbocycles. The van der Waals surface area contributed by atoms with Gasteiger partial charge in [0.25, 0.3) is 11.8 Å². The van der Waals surface area contributed by atoms with Crippen LogP contribution in [0.2, 0.25) is 0 Å². The van der Waals surface area contributed by atoms with E-state index in [-0.39, 0.29) is 11.8 Å². The highest BCUT2D eigenvalue weighted by Crippen LogP contribution is 2.38. The lowest BCUT2D eigenvalue weighted by atomic mass is 9.97. The molecule has 30 heavy (non-hydrogen) atoms. The van der Waals surface area contributed by atoms with Crippen LogP contribution in [0.15, 0.2) is 82.6 Å².